The molecule has 172 valence electrons. The van der Waals surface area contributed by atoms with E-state index in [4.69, 9.17) is 4.74 Å². The second-order valence-corrected chi connectivity index (χ2v) is 8.63. The van der Waals surface area contributed by atoms with E-state index in [0.717, 1.165) is 48.2 Å². The lowest BCUT2D eigenvalue weighted by molar-refractivity contribution is -0.125. The van der Waals surface area contributed by atoms with Gasteiger partial charge in [0.05, 0.1) is 12.5 Å². The Morgan fingerprint density at radius 2 is 1.79 bits per heavy atom. The normalized spacial score (nSPS) is 15.8. The van der Waals surface area contributed by atoms with Crippen LogP contribution in [0, 0.1) is 12.8 Å². The molecule has 1 atom stereocenters. The number of carbonyl (C=O) groups excluding carboxylic acids is 1. The maximum atomic E-state index is 12.8. The zero-order chi connectivity index (χ0) is 23.0. The highest BCUT2D eigenvalue weighted by molar-refractivity contribution is 5.79. The van der Waals surface area contributed by atoms with E-state index in [0.29, 0.717) is 25.6 Å². The minimum Gasteiger partial charge on any atom is -0.494 e. The summed E-state index contributed by atoms with van der Waals surface area (Å²) in [5.41, 5.74) is 4.39. The van der Waals surface area contributed by atoms with E-state index in [2.05, 4.69) is 58.3 Å². The average Bonchev–Trinajstić information content (AvgIpc) is 2.87. The largest absolute Gasteiger partial charge is 0.494 e. The van der Waals surface area contributed by atoms with E-state index in [9.17, 15) is 4.79 Å². The van der Waals surface area contributed by atoms with Crippen LogP contribution in [0.4, 0.5) is 5.95 Å². The van der Waals surface area contributed by atoms with Crippen LogP contribution in [-0.2, 0) is 11.3 Å². The Bertz CT molecular complexity index is 1030. The number of nitrogens with one attached hydrogen (secondary N) is 1. The second kappa shape index (κ2) is 10.9. The molecule has 2 heterocycles. The molecular formula is C27H32N4O2. The van der Waals surface area contributed by atoms with E-state index >= 15 is 0 Å². The molecule has 1 amide bonds. The van der Waals surface area contributed by atoms with Crippen molar-refractivity contribution in [1.82, 2.24) is 15.3 Å². The summed E-state index contributed by atoms with van der Waals surface area (Å²) in [6.07, 6.45) is 6.55. The molecule has 0 spiro atoms. The summed E-state index contributed by atoms with van der Waals surface area (Å²) in [5, 5.41) is 3.09. The van der Waals surface area contributed by atoms with Crippen LogP contribution in [-0.4, -0.2) is 35.6 Å². The molecular weight excluding hydrogens is 412 g/mol. The SMILES string of the molecule is CCCOc1ccc(CNC(=O)[C@H]2CCCN(c3ncc(-c4ccc(C)cc4)cn3)C2)cc1. The molecule has 0 saturated carbocycles. The van der Waals surface area contributed by atoms with Gasteiger partial charge in [-0.25, -0.2) is 9.97 Å². The first kappa shape index (κ1) is 22.8. The van der Waals surface area contributed by atoms with Gasteiger partial charge in [0, 0.05) is 37.6 Å². The van der Waals surface area contributed by atoms with Crippen LogP contribution in [0.2, 0.25) is 0 Å². The molecule has 6 heteroatoms. The number of nitrogens with zero attached hydrogens (tertiary/aromatic N) is 3. The topological polar surface area (TPSA) is 67.3 Å². The summed E-state index contributed by atoms with van der Waals surface area (Å²) in [7, 11) is 0. The third kappa shape index (κ3) is 6.09. The van der Waals surface area contributed by atoms with Crippen molar-refractivity contribution in [3.8, 4) is 16.9 Å². The van der Waals surface area contributed by atoms with Gasteiger partial charge < -0.3 is 15.0 Å². The smallest absolute Gasteiger partial charge is 0.225 e. The number of aryl methyl sites for hydroxylation is 1. The Balaban J connectivity index is 1.31. The fraction of sp³-hybridized carbons (Fsp3) is 0.370. The van der Waals surface area contributed by atoms with E-state index in [1.165, 1.54) is 5.56 Å². The number of piperidine rings is 1. The lowest BCUT2D eigenvalue weighted by Crippen LogP contribution is -2.43. The molecule has 0 unspecified atom stereocenters. The van der Waals surface area contributed by atoms with Gasteiger partial charge in [-0.05, 0) is 49.4 Å². The predicted molar refractivity (Wildman–Crippen MR) is 131 cm³/mol. The molecule has 1 saturated heterocycles. The van der Waals surface area contributed by atoms with Gasteiger partial charge in [-0.3, -0.25) is 4.79 Å². The number of ether oxygens (including phenoxy) is 1. The molecule has 3 aromatic rings. The van der Waals surface area contributed by atoms with Gasteiger partial charge in [-0.2, -0.15) is 0 Å². The van der Waals surface area contributed by atoms with Gasteiger partial charge in [-0.15, -0.1) is 0 Å². The van der Waals surface area contributed by atoms with Crippen molar-refractivity contribution >= 4 is 11.9 Å². The first-order valence-electron chi connectivity index (χ1n) is 11.8. The van der Waals surface area contributed by atoms with Crippen LogP contribution in [0.15, 0.2) is 60.9 Å². The van der Waals surface area contributed by atoms with Crippen molar-refractivity contribution in [2.45, 2.75) is 39.7 Å². The molecule has 0 aliphatic carbocycles. The average molecular weight is 445 g/mol. The van der Waals surface area contributed by atoms with Crippen molar-refractivity contribution in [3.05, 3.63) is 72.1 Å². The van der Waals surface area contributed by atoms with E-state index in [1.807, 2.05) is 36.7 Å². The van der Waals surface area contributed by atoms with Crippen molar-refractivity contribution in [1.29, 1.82) is 0 Å². The van der Waals surface area contributed by atoms with Gasteiger partial charge in [0.15, 0.2) is 0 Å². The highest BCUT2D eigenvalue weighted by Gasteiger charge is 2.27. The van der Waals surface area contributed by atoms with Crippen LogP contribution in [0.5, 0.6) is 5.75 Å². The Morgan fingerprint density at radius 1 is 1.06 bits per heavy atom. The van der Waals surface area contributed by atoms with Crippen LogP contribution in [0.25, 0.3) is 11.1 Å². The second-order valence-electron chi connectivity index (χ2n) is 8.63. The van der Waals surface area contributed by atoms with Crippen molar-refractivity contribution in [3.63, 3.8) is 0 Å². The van der Waals surface area contributed by atoms with Crippen LogP contribution in [0.3, 0.4) is 0 Å². The number of carbonyl (C=O) groups is 1. The summed E-state index contributed by atoms with van der Waals surface area (Å²) in [6, 6.07) is 16.3. The van der Waals surface area contributed by atoms with Gasteiger partial charge in [-0.1, -0.05) is 48.9 Å². The monoisotopic (exact) mass is 444 g/mol. The molecule has 1 fully saturated rings. The highest BCUT2D eigenvalue weighted by atomic mass is 16.5. The summed E-state index contributed by atoms with van der Waals surface area (Å²) in [5.74, 6) is 1.57. The van der Waals surface area contributed by atoms with Crippen LogP contribution in [0.1, 0.15) is 37.3 Å². The summed E-state index contributed by atoms with van der Waals surface area (Å²) < 4.78 is 5.62. The lowest BCUT2D eigenvalue weighted by atomic mass is 9.97. The zero-order valence-electron chi connectivity index (χ0n) is 19.5. The van der Waals surface area contributed by atoms with Crippen LogP contribution >= 0.6 is 0 Å². The standard InChI is InChI=1S/C27H32N4O2/c1-3-15-33-25-12-8-21(9-13-25)16-28-26(32)23-5-4-14-31(19-23)27-29-17-24(18-30-27)22-10-6-20(2)7-11-22/h6-13,17-18,23H,3-5,14-16,19H2,1-2H3,(H,28,32)/t23-/m0/s1. The molecule has 0 bridgehead atoms. The molecule has 33 heavy (non-hydrogen) atoms. The maximum Gasteiger partial charge on any atom is 0.225 e. The van der Waals surface area contributed by atoms with E-state index in [1.54, 1.807) is 0 Å². The predicted octanol–water partition coefficient (Wildman–Crippen LogP) is 4.77. The molecule has 1 aliphatic heterocycles. The third-order valence-electron chi connectivity index (χ3n) is 5.96. The number of hydrogen-bond donors (Lipinski definition) is 1. The molecule has 1 aromatic heterocycles. The summed E-state index contributed by atoms with van der Waals surface area (Å²) in [6.45, 7) is 6.90. The fourth-order valence-electron chi connectivity index (χ4n) is 4.01. The van der Waals surface area contributed by atoms with Gasteiger partial charge >= 0.3 is 0 Å². The Morgan fingerprint density at radius 3 is 2.48 bits per heavy atom. The molecule has 6 nitrogen and oxygen atoms in total. The highest BCUT2D eigenvalue weighted by Crippen LogP contribution is 2.23. The van der Waals surface area contributed by atoms with E-state index in [-0.39, 0.29) is 11.8 Å². The quantitative estimate of drug-likeness (QED) is 0.542. The Kier molecular flexibility index (Phi) is 7.55. The molecule has 0 radical (unpaired) electrons. The van der Waals surface area contributed by atoms with Crippen molar-refractivity contribution < 1.29 is 9.53 Å². The first-order valence-corrected chi connectivity index (χ1v) is 11.8. The fourth-order valence-corrected chi connectivity index (χ4v) is 4.01. The van der Waals surface area contributed by atoms with Crippen molar-refractivity contribution in [2.75, 3.05) is 24.6 Å². The summed E-state index contributed by atoms with van der Waals surface area (Å²) >= 11 is 0. The number of amides is 1. The molecule has 2 aromatic carbocycles. The van der Waals surface area contributed by atoms with E-state index < -0.39 is 0 Å². The van der Waals surface area contributed by atoms with Gasteiger partial charge in [0.1, 0.15) is 5.75 Å². The third-order valence-corrected chi connectivity index (χ3v) is 5.96. The molecule has 1 N–H and O–H groups in total. The number of benzene rings is 2. The van der Waals surface area contributed by atoms with Gasteiger partial charge in [0.25, 0.3) is 0 Å². The van der Waals surface area contributed by atoms with Crippen LogP contribution < -0.4 is 15.0 Å². The maximum absolute atomic E-state index is 12.8. The minimum atomic E-state index is -0.0636. The molecule has 4 rings (SSSR count). The zero-order valence-corrected chi connectivity index (χ0v) is 19.5. The Labute approximate surface area is 196 Å². The Hall–Kier alpha value is -3.41. The number of aromatic nitrogens is 2. The lowest BCUT2D eigenvalue weighted by Gasteiger charge is -2.32. The first-order chi connectivity index (χ1) is 16.1. The minimum absolute atomic E-state index is 0.0636. The molecule has 1 aliphatic rings. The summed E-state index contributed by atoms with van der Waals surface area (Å²) in [4.78, 5) is 24.1. The number of rotatable bonds is 8. The van der Waals surface area contributed by atoms with Crippen molar-refractivity contribution in [2.24, 2.45) is 5.92 Å². The van der Waals surface area contributed by atoms with Gasteiger partial charge in [0.2, 0.25) is 11.9 Å². The number of anilines is 1. The number of hydrogen-bond acceptors (Lipinski definition) is 5.